The molecule has 3 N–H and O–H groups in total. The van der Waals surface area contributed by atoms with Gasteiger partial charge in [0.15, 0.2) is 5.82 Å². The standard InChI is InChI=1S/C27H15Cl3F9N3O4/c28-15-2-1-13(40-24(45)20-19(25(20,29)30)10-5-11(26(34,35)36)7-12(31)6-10)8-14(15)23(44)41-17-4-3-16(32)22(21(17)33)42-18(43)9-46-27(37,38)39/h1-8,19-20H,9H2,(H,40,45)(H,41,44)(H,42,43)/t19?,20-/m1/s1. The van der Waals surface area contributed by atoms with Gasteiger partial charge in [0.2, 0.25) is 5.91 Å². The molecular formula is C27H15Cl3F9N3O4. The van der Waals surface area contributed by atoms with Crippen LogP contribution in [0, 0.1) is 23.4 Å². The van der Waals surface area contributed by atoms with E-state index in [0.29, 0.717) is 12.1 Å². The summed E-state index contributed by atoms with van der Waals surface area (Å²) >= 11 is 18.4. The van der Waals surface area contributed by atoms with Gasteiger partial charge in [-0.3, -0.25) is 19.1 Å². The maximum absolute atomic E-state index is 14.9. The number of alkyl halides is 8. The monoisotopic (exact) mass is 721 g/mol. The minimum atomic E-state index is -5.20. The minimum absolute atomic E-state index is 0.123. The van der Waals surface area contributed by atoms with Crippen LogP contribution in [0.4, 0.5) is 56.6 Å². The number of anilines is 3. The van der Waals surface area contributed by atoms with Crippen molar-refractivity contribution in [3.63, 3.8) is 0 Å². The molecule has 3 aromatic rings. The Morgan fingerprint density at radius 2 is 1.54 bits per heavy atom. The van der Waals surface area contributed by atoms with Crippen LogP contribution in [-0.4, -0.2) is 35.0 Å². The first-order chi connectivity index (χ1) is 21.2. The third-order valence-electron chi connectivity index (χ3n) is 6.39. The fraction of sp³-hybridized carbons (Fsp3) is 0.222. The highest BCUT2D eigenvalue weighted by Crippen LogP contribution is 2.65. The zero-order valence-corrected chi connectivity index (χ0v) is 24.4. The Balaban J connectivity index is 1.50. The molecular weight excluding hydrogens is 708 g/mol. The molecule has 1 unspecified atom stereocenters. The molecule has 2 atom stereocenters. The summed E-state index contributed by atoms with van der Waals surface area (Å²) in [6.07, 6.45) is -10.1. The van der Waals surface area contributed by atoms with Gasteiger partial charge in [0.1, 0.15) is 28.3 Å². The van der Waals surface area contributed by atoms with Crippen molar-refractivity contribution >= 4 is 69.6 Å². The molecule has 1 aliphatic carbocycles. The summed E-state index contributed by atoms with van der Waals surface area (Å²) in [4.78, 5) is 37.6. The smallest absolute Gasteiger partial charge is 0.326 e. The second-order valence-corrected chi connectivity index (χ2v) is 11.5. The average Bonchev–Trinajstić information content (AvgIpc) is 3.53. The van der Waals surface area contributed by atoms with Crippen LogP contribution in [0.15, 0.2) is 48.5 Å². The molecule has 3 aromatic carbocycles. The topological polar surface area (TPSA) is 96.5 Å². The summed E-state index contributed by atoms with van der Waals surface area (Å²) in [5, 5.41) is 5.70. The Hall–Kier alpha value is -3.73. The zero-order valence-electron chi connectivity index (χ0n) is 22.1. The summed E-state index contributed by atoms with van der Waals surface area (Å²) < 4.78 is 120. The number of amides is 3. The van der Waals surface area contributed by atoms with Crippen LogP contribution >= 0.6 is 34.8 Å². The molecule has 0 spiro atoms. The Bertz CT molecular complexity index is 1720. The average molecular weight is 723 g/mol. The van der Waals surface area contributed by atoms with E-state index in [0.717, 1.165) is 24.3 Å². The van der Waals surface area contributed by atoms with Crippen LogP contribution in [0.2, 0.25) is 5.02 Å². The molecule has 19 heteroatoms. The SMILES string of the molecule is O=C(COC(F)(F)F)Nc1c(F)ccc(NC(=O)c2cc(NC(=O)[C@H]3C(c4cc(F)cc(C(F)(F)F)c4)C3(Cl)Cl)ccc2Cl)c1F. The van der Waals surface area contributed by atoms with Gasteiger partial charge in [0, 0.05) is 11.6 Å². The van der Waals surface area contributed by atoms with E-state index in [1.807, 2.05) is 5.32 Å². The molecule has 3 amide bonds. The first kappa shape index (κ1) is 35.1. The predicted molar refractivity (Wildman–Crippen MR) is 147 cm³/mol. The maximum atomic E-state index is 14.9. The second-order valence-electron chi connectivity index (χ2n) is 9.61. The molecule has 0 aromatic heterocycles. The second kappa shape index (κ2) is 12.8. The van der Waals surface area contributed by atoms with Crippen molar-refractivity contribution < 1.29 is 58.6 Å². The highest BCUT2D eigenvalue weighted by molar-refractivity contribution is 6.53. The summed E-state index contributed by atoms with van der Waals surface area (Å²) in [7, 11) is 0. The van der Waals surface area contributed by atoms with Crippen LogP contribution < -0.4 is 16.0 Å². The molecule has 1 aliphatic rings. The summed E-state index contributed by atoms with van der Waals surface area (Å²) in [6.45, 7) is -1.62. The van der Waals surface area contributed by atoms with E-state index < -0.39 is 93.0 Å². The number of halogens is 12. The summed E-state index contributed by atoms with van der Waals surface area (Å²) in [5.74, 6) is -10.5. The summed E-state index contributed by atoms with van der Waals surface area (Å²) in [5.41, 5.74) is -4.09. The molecule has 0 bridgehead atoms. The van der Waals surface area contributed by atoms with E-state index in [9.17, 15) is 53.9 Å². The van der Waals surface area contributed by atoms with Crippen molar-refractivity contribution in [2.45, 2.75) is 22.8 Å². The van der Waals surface area contributed by atoms with Crippen LogP contribution in [0.1, 0.15) is 27.4 Å². The van der Waals surface area contributed by atoms with E-state index in [2.05, 4.69) is 10.1 Å². The molecule has 246 valence electrons. The number of ether oxygens (including phenoxy) is 1. The lowest BCUT2D eigenvalue weighted by Gasteiger charge is -2.14. The van der Waals surface area contributed by atoms with Crippen LogP contribution in [0.5, 0.6) is 0 Å². The fourth-order valence-corrected chi connectivity index (χ4v) is 5.33. The highest BCUT2D eigenvalue weighted by Gasteiger charge is 2.67. The Morgan fingerprint density at radius 3 is 2.17 bits per heavy atom. The quantitative estimate of drug-likeness (QED) is 0.162. The van der Waals surface area contributed by atoms with Crippen molar-refractivity contribution in [2.24, 2.45) is 5.92 Å². The third-order valence-corrected chi connectivity index (χ3v) is 7.66. The van der Waals surface area contributed by atoms with Gasteiger partial charge >= 0.3 is 12.5 Å². The van der Waals surface area contributed by atoms with Gasteiger partial charge in [0.25, 0.3) is 11.8 Å². The largest absolute Gasteiger partial charge is 0.523 e. The van der Waals surface area contributed by atoms with Gasteiger partial charge in [-0.15, -0.1) is 36.4 Å². The number of benzene rings is 3. The highest BCUT2D eigenvalue weighted by atomic mass is 35.5. The van der Waals surface area contributed by atoms with Gasteiger partial charge in [-0.2, -0.15) is 13.2 Å². The van der Waals surface area contributed by atoms with Crippen molar-refractivity contribution in [3.05, 3.63) is 87.7 Å². The van der Waals surface area contributed by atoms with Crippen molar-refractivity contribution in [2.75, 3.05) is 22.6 Å². The molecule has 1 fully saturated rings. The van der Waals surface area contributed by atoms with Crippen LogP contribution in [0.25, 0.3) is 0 Å². The molecule has 1 saturated carbocycles. The van der Waals surface area contributed by atoms with E-state index >= 15 is 0 Å². The zero-order chi connectivity index (χ0) is 34.4. The predicted octanol–water partition coefficient (Wildman–Crippen LogP) is 8.03. The maximum Gasteiger partial charge on any atom is 0.523 e. The number of hydrogen-bond acceptors (Lipinski definition) is 4. The van der Waals surface area contributed by atoms with Gasteiger partial charge in [-0.1, -0.05) is 11.6 Å². The number of carbonyl (C=O) groups is 3. The van der Waals surface area contributed by atoms with Crippen molar-refractivity contribution in [1.29, 1.82) is 0 Å². The van der Waals surface area contributed by atoms with Crippen LogP contribution in [0.3, 0.4) is 0 Å². The molecule has 7 nitrogen and oxygen atoms in total. The summed E-state index contributed by atoms with van der Waals surface area (Å²) in [6, 6.07) is 6.26. The van der Waals surface area contributed by atoms with E-state index in [-0.39, 0.29) is 22.3 Å². The Kier molecular flexibility index (Phi) is 9.79. The number of rotatable bonds is 8. The number of carbonyl (C=O) groups excluding carboxylic acids is 3. The molecule has 0 aliphatic heterocycles. The normalized spacial score (nSPS) is 17.3. The van der Waals surface area contributed by atoms with Gasteiger partial charge in [-0.05, 0) is 54.1 Å². The van der Waals surface area contributed by atoms with E-state index in [1.165, 1.54) is 6.07 Å². The number of hydrogen-bond donors (Lipinski definition) is 3. The number of nitrogens with one attached hydrogen (secondary N) is 3. The van der Waals surface area contributed by atoms with Crippen molar-refractivity contribution in [1.82, 2.24) is 0 Å². The van der Waals surface area contributed by atoms with Gasteiger partial charge < -0.3 is 16.0 Å². The molecule has 0 saturated heterocycles. The van der Waals surface area contributed by atoms with Gasteiger partial charge in [-0.25, -0.2) is 13.2 Å². The van der Waals surface area contributed by atoms with E-state index in [4.69, 9.17) is 34.8 Å². The minimum Gasteiger partial charge on any atom is -0.326 e. The lowest BCUT2D eigenvalue weighted by molar-refractivity contribution is -0.320. The van der Waals surface area contributed by atoms with E-state index in [1.54, 1.807) is 5.32 Å². The Labute approximate surface area is 266 Å². The lowest BCUT2D eigenvalue weighted by Crippen LogP contribution is -2.25. The van der Waals surface area contributed by atoms with Crippen LogP contribution in [-0.2, 0) is 20.5 Å². The third kappa shape index (κ3) is 7.97. The lowest BCUT2D eigenvalue weighted by atomic mass is 10.0. The molecule has 4 rings (SSSR count). The first-order valence-electron chi connectivity index (χ1n) is 12.3. The first-order valence-corrected chi connectivity index (χ1v) is 13.5. The fourth-order valence-electron chi connectivity index (χ4n) is 4.30. The molecule has 0 radical (unpaired) electrons. The van der Waals surface area contributed by atoms with Crippen molar-refractivity contribution in [3.8, 4) is 0 Å². The molecule has 0 heterocycles. The Morgan fingerprint density at radius 1 is 0.870 bits per heavy atom. The molecule has 46 heavy (non-hydrogen) atoms. The van der Waals surface area contributed by atoms with Gasteiger partial charge in [0.05, 0.1) is 27.8 Å².